The summed E-state index contributed by atoms with van der Waals surface area (Å²) in [5.41, 5.74) is 7.17. The van der Waals surface area contributed by atoms with E-state index < -0.39 is 0 Å². The van der Waals surface area contributed by atoms with Crippen LogP contribution >= 0.6 is 0 Å². The highest BCUT2D eigenvalue weighted by Gasteiger charge is 2.27. The van der Waals surface area contributed by atoms with Crippen molar-refractivity contribution in [3.05, 3.63) is 27.4 Å². The normalized spacial score (nSPS) is 17.8. The minimum atomic E-state index is -0.0119. The third-order valence-electron chi connectivity index (χ3n) is 2.99. The molecule has 82 valence electrons. The zero-order chi connectivity index (χ0) is 11.0. The van der Waals surface area contributed by atoms with Gasteiger partial charge < -0.3 is 10.7 Å². The Morgan fingerprint density at radius 1 is 1.60 bits per heavy atom. The van der Waals surface area contributed by atoms with E-state index in [-0.39, 0.29) is 11.5 Å². The standard InChI is InChI=1S/C11H17N3O/c1-6(5-12)9-7(2)11(15)14-10(13-9)8-3-4-8/h6,8H,3-5,12H2,1-2H3,(H,13,14,15). The Bertz CT molecular complexity index is 420. The van der Waals surface area contributed by atoms with Gasteiger partial charge >= 0.3 is 0 Å². The summed E-state index contributed by atoms with van der Waals surface area (Å²) in [7, 11) is 0. The average Bonchev–Trinajstić information content (AvgIpc) is 3.04. The Kier molecular flexibility index (Phi) is 2.61. The smallest absolute Gasteiger partial charge is 0.254 e. The van der Waals surface area contributed by atoms with Crippen molar-refractivity contribution in [3.63, 3.8) is 0 Å². The molecule has 1 atom stereocenters. The number of hydrogen-bond donors (Lipinski definition) is 2. The maximum Gasteiger partial charge on any atom is 0.254 e. The van der Waals surface area contributed by atoms with E-state index in [1.807, 2.05) is 13.8 Å². The van der Waals surface area contributed by atoms with Crippen LogP contribution in [0.4, 0.5) is 0 Å². The predicted octanol–water partition coefficient (Wildman–Crippen LogP) is 1.02. The number of hydrogen-bond acceptors (Lipinski definition) is 3. The van der Waals surface area contributed by atoms with Crippen LogP contribution in [0.25, 0.3) is 0 Å². The third kappa shape index (κ3) is 1.95. The minimum absolute atomic E-state index is 0.0119. The second-order valence-electron chi connectivity index (χ2n) is 4.37. The maximum absolute atomic E-state index is 11.7. The van der Waals surface area contributed by atoms with E-state index in [1.54, 1.807) is 0 Å². The van der Waals surface area contributed by atoms with Crippen molar-refractivity contribution < 1.29 is 0 Å². The van der Waals surface area contributed by atoms with Gasteiger partial charge in [-0.1, -0.05) is 6.92 Å². The Balaban J connectivity index is 2.46. The molecule has 0 aromatic carbocycles. The van der Waals surface area contributed by atoms with Crippen molar-refractivity contribution in [1.29, 1.82) is 0 Å². The lowest BCUT2D eigenvalue weighted by Gasteiger charge is -2.11. The van der Waals surface area contributed by atoms with Gasteiger partial charge in [-0.2, -0.15) is 0 Å². The van der Waals surface area contributed by atoms with E-state index in [4.69, 9.17) is 5.73 Å². The van der Waals surface area contributed by atoms with Crippen LogP contribution in [0.15, 0.2) is 4.79 Å². The van der Waals surface area contributed by atoms with E-state index in [0.29, 0.717) is 18.0 Å². The summed E-state index contributed by atoms with van der Waals surface area (Å²) in [6.07, 6.45) is 2.28. The van der Waals surface area contributed by atoms with Gasteiger partial charge in [0.05, 0.1) is 5.69 Å². The van der Waals surface area contributed by atoms with Crippen molar-refractivity contribution in [1.82, 2.24) is 9.97 Å². The van der Waals surface area contributed by atoms with E-state index in [9.17, 15) is 4.79 Å². The number of rotatable bonds is 3. The summed E-state index contributed by atoms with van der Waals surface area (Å²) in [5, 5.41) is 0. The molecule has 0 radical (unpaired) electrons. The molecule has 0 bridgehead atoms. The molecule has 1 unspecified atom stereocenters. The molecular weight excluding hydrogens is 190 g/mol. The molecule has 0 saturated heterocycles. The van der Waals surface area contributed by atoms with Gasteiger partial charge in [-0.05, 0) is 19.8 Å². The molecule has 1 aromatic heterocycles. The molecule has 1 saturated carbocycles. The first-order valence-electron chi connectivity index (χ1n) is 5.44. The highest BCUT2D eigenvalue weighted by Crippen LogP contribution is 2.37. The van der Waals surface area contributed by atoms with Crippen LogP contribution in [-0.2, 0) is 0 Å². The van der Waals surface area contributed by atoms with Crippen LogP contribution < -0.4 is 11.3 Å². The summed E-state index contributed by atoms with van der Waals surface area (Å²) < 4.78 is 0. The second-order valence-corrected chi connectivity index (χ2v) is 4.37. The summed E-state index contributed by atoms with van der Waals surface area (Å²) in [5.74, 6) is 1.48. The molecule has 1 heterocycles. The topological polar surface area (TPSA) is 71.8 Å². The molecule has 0 aliphatic heterocycles. The molecule has 2 rings (SSSR count). The molecule has 3 N–H and O–H groups in total. The zero-order valence-electron chi connectivity index (χ0n) is 9.21. The third-order valence-corrected chi connectivity index (χ3v) is 2.99. The van der Waals surface area contributed by atoms with Crippen molar-refractivity contribution in [2.45, 2.75) is 38.5 Å². The largest absolute Gasteiger partial charge is 0.330 e. The van der Waals surface area contributed by atoms with E-state index in [2.05, 4.69) is 9.97 Å². The molecule has 1 aliphatic rings. The Morgan fingerprint density at radius 2 is 2.27 bits per heavy atom. The van der Waals surface area contributed by atoms with Crippen molar-refractivity contribution in [3.8, 4) is 0 Å². The van der Waals surface area contributed by atoms with Gasteiger partial charge in [0.2, 0.25) is 0 Å². The van der Waals surface area contributed by atoms with Crippen molar-refractivity contribution in [2.24, 2.45) is 5.73 Å². The van der Waals surface area contributed by atoms with Crippen LogP contribution in [-0.4, -0.2) is 16.5 Å². The highest BCUT2D eigenvalue weighted by atomic mass is 16.1. The van der Waals surface area contributed by atoms with Crippen LogP contribution in [0.2, 0.25) is 0 Å². The molecular formula is C11H17N3O. The lowest BCUT2D eigenvalue weighted by Crippen LogP contribution is -2.21. The quantitative estimate of drug-likeness (QED) is 0.777. The average molecular weight is 207 g/mol. The van der Waals surface area contributed by atoms with Gasteiger partial charge in [0.15, 0.2) is 0 Å². The molecule has 4 heteroatoms. The van der Waals surface area contributed by atoms with Gasteiger partial charge in [-0.25, -0.2) is 4.98 Å². The molecule has 4 nitrogen and oxygen atoms in total. The van der Waals surface area contributed by atoms with E-state index in [0.717, 1.165) is 24.4 Å². The molecule has 0 spiro atoms. The fourth-order valence-corrected chi connectivity index (χ4v) is 1.71. The molecule has 15 heavy (non-hydrogen) atoms. The highest BCUT2D eigenvalue weighted by molar-refractivity contribution is 5.22. The fraction of sp³-hybridized carbons (Fsp3) is 0.636. The molecule has 1 aromatic rings. The first-order chi connectivity index (χ1) is 7.13. The van der Waals surface area contributed by atoms with E-state index >= 15 is 0 Å². The summed E-state index contributed by atoms with van der Waals surface area (Å²) in [6, 6.07) is 0. The number of nitrogens with zero attached hydrogens (tertiary/aromatic N) is 1. The van der Waals surface area contributed by atoms with Gasteiger partial charge in [0.25, 0.3) is 5.56 Å². The monoisotopic (exact) mass is 207 g/mol. The van der Waals surface area contributed by atoms with Crippen LogP contribution in [0.1, 0.15) is 48.7 Å². The van der Waals surface area contributed by atoms with Crippen LogP contribution in [0.5, 0.6) is 0 Å². The first kappa shape index (κ1) is 10.4. The number of aromatic amines is 1. The zero-order valence-corrected chi connectivity index (χ0v) is 9.21. The van der Waals surface area contributed by atoms with Gasteiger partial charge in [-0.3, -0.25) is 4.79 Å². The van der Waals surface area contributed by atoms with E-state index in [1.165, 1.54) is 0 Å². The van der Waals surface area contributed by atoms with Crippen LogP contribution in [0, 0.1) is 6.92 Å². The van der Waals surface area contributed by atoms with Crippen LogP contribution in [0.3, 0.4) is 0 Å². The lowest BCUT2D eigenvalue weighted by atomic mass is 10.0. The van der Waals surface area contributed by atoms with Crippen molar-refractivity contribution in [2.75, 3.05) is 6.54 Å². The molecule has 1 fully saturated rings. The van der Waals surface area contributed by atoms with Gasteiger partial charge in [0.1, 0.15) is 5.82 Å². The maximum atomic E-state index is 11.7. The lowest BCUT2D eigenvalue weighted by molar-refractivity contribution is 0.712. The van der Waals surface area contributed by atoms with Gasteiger partial charge in [0, 0.05) is 23.9 Å². The van der Waals surface area contributed by atoms with Gasteiger partial charge in [-0.15, -0.1) is 0 Å². The Labute approximate surface area is 88.9 Å². The number of aromatic nitrogens is 2. The minimum Gasteiger partial charge on any atom is -0.330 e. The number of nitrogens with two attached hydrogens (primary N) is 1. The number of nitrogens with one attached hydrogen (secondary N) is 1. The summed E-state index contributed by atoms with van der Waals surface area (Å²) in [4.78, 5) is 19.1. The fourth-order valence-electron chi connectivity index (χ4n) is 1.71. The summed E-state index contributed by atoms with van der Waals surface area (Å²) >= 11 is 0. The number of H-pyrrole nitrogens is 1. The molecule has 1 aliphatic carbocycles. The van der Waals surface area contributed by atoms with Crippen molar-refractivity contribution >= 4 is 0 Å². The second kappa shape index (κ2) is 3.77. The Hall–Kier alpha value is -1.16. The Morgan fingerprint density at radius 3 is 2.80 bits per heavy atom. The SMILES string of the molecule is Cc1c(C(C)CN)nc(C2CC2)[nH]c1=O. The summed E-state index contributed by atoms with van der Waals surface area (Å²) in [6.45, 7) is 4.34. The predicted molar refractivity (Wildman–Crippen MR) is 59.0 cm³/mol. The molecule has 0 amide bonds. The first-order valence-corrected chi connectivity index (χ1v) is 5.44.